The van der Waals surface area contributed by atoms with Crippen LogP contribution in [0, 0.1) is 11.3 Å². The van der Waals surface area contributed by atoms with Gasteiger partial charge in [0.2, 0.25) is 5.91 Å². The van der Waals surface area contributed by atoms with Gasteiger partial charge in [-0.05, 0) is 36.5 Å². The molecule has 0 aliphatic rings. The van der Waals surface area contributed by atoms with Crippen molar-refractivity contribution in [1.82, 2.24) is 10.6 Å². The minimum atomic E-state index is -0.365. The number of carbonyl (C=O) groups excluding carboxylic acids is 2. The summed E-state index contributed by atoms with van der Waals surface area (Å²) in [5, 5.41) is 17.6. The van der Waals surface area contributed by atoms with E-state index in [1.165, 1.54) is 7.11 Å². The van der Waals surface area contributed by atoms with Crippen molar-refractivity contribution in [3.63, 3.8) is 0 Å². The van der Waals surface area contributed by atoms with Crippen molar-refractivity contribution in [2.24, 2.45) is 0 Å². The number of hydrogen-bond donors (Lipinski definition) is 3. The van der Waals surface area contributed by atoms with Crippen LogP contribution in [0.4, 0.5) is 5.69 Å². The van der Waals surface area contributed by atoms with E-state index in [9.17, 15) is 9.59 Å². The first-order valence-electron chi connectivity index (χ1n) is 6.93. The van der Waals surface area contributed by atoms with Crippen LogP contribution in [0.25, 0.3) is 0 Å². The summed E-state index contributed by atoms with van der Waals surface area (Å²) in [4.78, 5) is 22.4. The molecule has 1 aromatic carbocycles. The van der Waals surface area contributed by atoms with Crippen LogP contribution in [0.2, 0.25) is 0 Å². The maximum atomic E-state index is 11.5. The zero-order chi connectivity index (χ0) is 17.1. The normalized spacial score (nSPS) is 9.39. The number of amides is 1. The lowest BCUT2D eigenvalue weighted by Crippen LogP contribution is -2.33. The summed E-state index contributed by atoms with van der Waals surface area (Å²) in [5.41, 5.74) is 1.32. The van der Waals surface area contributed by atoms with Crippen LogP contribution in [0.1, 0.15) is 18.4 Å². The zero-order valence-corrected chi connectivity index (χ0v) is 13.5. The van der Waals surface area contributed by atoms with Gasteiger partial charge < -0.3 is 20.7 Å². The quantitative estimate of drug-likeness (QED) is 0.503. The van der Waals surface area contributed by atoms with Crippen LogP contribution < -0.4 is 16.0 Å². The molecule has 0 unspecified atom stereocenters. The van der Waals surface area contributed by atoms with Crippen LogP contribution >= 0.6 is 12.2 Å². The number of carbonyl (C=O) groups is 2. The van der Waals surface area contributed by atoms with Gasteiger partial charge in [-0.1, -0.05) is 0 Å². The van der Waals surface area contributed by atoms with Crippen LogP contribution in [-0.4, -0.2) is 37.2 Å². The first-order chi connectivity index (χ1) is 11.0. The fraction of sp³-hybridized carbons (Fsp3) is 0.333. The summed E-state index contributed by atoms with van der Waals surface area (Å²) < 4.78 is 4.47. The van der Waals surface area contributed by atoms with Gasteiger partial charge in [-0.3, -0.25) is 9.59 Å². The Morgan fingerprint density at radius 2 is 1.83 bits per heavy atom. The van der Waals surface area contributed by atoms with Crippen LogP contribution in [0.15, 0.2) is 24.3 Å². The van der Waals surface area contributed by atoms with E-state index >= 15 is 0 Å². The van der Waals surface area contributed by atoms with Crippen molar-refractivity contribution in [3.05, 3.63) is 29.8 Å². The predicted octanol–water partition coefficient (Wildman–Crippen LogP) is 0.914. The number of hydrogen-bond acceptors (Lipinski definition) is 5. The second-order valence-electron chi connectivity index (χ2n) is 4.50. The lowest BCUT2D eigenvalue weighted by molar-refractivity contribution is -0.140. The Kier molecular flexibility index (Phi) is 8.10. The number of nitrogens with zero attached hydrogens (tertiary/aromatic N) is 1. The topological polar surface area (TPSA) is 103 Å². The number of nitrogens with one attached hydrogen (secondary N) is 3. The molecule has 23 heavy (non-hydrogen) atoms. The highest BCUT2D eigenvalue weighted by atomic mass is 32.1. The first-order valence-corrected chi connectivity index (χ1v) is 7.34. The van der Waals surface area contributed by atoms with E-state index < -0.39 is 0 Å². The smallest absolute Gasteiger partial charge is 0.307 e. The van der Waals surface area contributed by atoms with E-state index in [4.69, 9.17) is 17.5 Å². The molecule has 0 aromatic heterocycles. The third-order valence-corrected chi connectivity index (χ3v) is 3.03. The second kappa shape index (κ2) is 10.1. The van der Waals surface area contributed by atoms with Gasteiger partial charge in [-0.15, -0.1) is 0 Å². The SMILES string of the molecule is COC(=O)CCNC(=O)CCNC(=S)Nc1ccc(C#N)cc1. The van der Waals surface area contributed by atoms with Crippen LogP contribution in [-0.2, 0) is 14.3 Å². The summed E-state index contributed by atoms with van der Waals surface area (Å²) in [6.45, 7) is 0.617. The molecule has 0 radical (unpaired) electrons. The molecular formula is C15H18N4O3S. The molecule has 0 bridgehead atoms. The van der Waals surface area contributed by atoms with Gasteiger partial charge in [0.15, 0.2) is 5.11 Å². The number of methoxy groups -OCH3 is 1. The van der Waals surface area contributed by atoms with E-state index in [1.807, 2.05) is 6.07 Å². The van der Waals surface area contributed by atoms with Crippen molar-refractivity contribution in [2.45, 2.75) is 12.8 Å². The highest BCUT2D eigenvalue weighted by molar-refractivity contribution is 7.80. The fourth-order valence-corrected chi connectivity index (χ4v) is 1.81. The fourth-order valence-electron chi connectivity index (χ4n) is 1.59. The largest absolute Gasteiger partial charge is 0.469 e. The molecule has 7 nitrogen and oxygen atoms in total. The number of nitriles is 1. The average Bonchev–Trinajstić information content (AvgIpc) is 2.55. The maximum Gasteiger partial charge on any atom is 0.307 e. The van der Waals surface area contributed by atoms with E-state index in [-0.39, 0.29) is 31.3 Å². The van der Waals surface area contributed by atoms with Crippen LogP contribution in [0.5, 0.6) is 0 Å². The Morgan fingerprint density at radius 1 is 1.17 bits per heavy atom. The minimum Gasteiger partial charge on any atom is -0.469 e. The maximum absolute atomic E-state index is 11.5. The van der Waals surface area contributed by atoms with Crippen molar-refractivity contribution in [1.29, 1.82) is 5.26 Å². The molecular weight excluding hydrogens is 316 g/mol. The van der Waals surface area contributed by atoms with Gasteiger partial charge in [-0.2, -0.15) is 5.26 Å². The molecule has 0 saturated carbocycles. The minimum absolute atomic E-state index is 0.147. The number of rotatable bonds is 7. The number of esters is 1. The van der Waals surface area contributed by atoms with Gasteiger partial charge in [-0.25, -0.2) is 0 Å². The van der Waals surface area contributed by atoms with E-state index in [0.29, 0.717) is 17.2 Å². The third kappa shape index (κ3) is 7.78. The van der Waals surface area contributed by atoms with Gasteiger partial charge in [0.1, 0.15) is 0 Å². The molecule has 0 heterocycles. The molecule has 1 aromatic rings. The Balaban J connectivity index is 2.19. The molecule has 0 spiro atoms. The Labute approximate surface area is 140 Å². The molecule has 0 saturated heterocycles. The number of benzene rings is 1. The zero-order valence-electron chi connectivity index (χ0n) is 12.7. The van der Waals surface area contributed by atoms with Gasteiger partial charge >= 0.3 is 5.97 Å². The number of anilines is 1. The molecule has 1 rings (SSSR count). The summed E-state index contributed by atoms with van der Waals surface area (Å²) in [5.74, 6) is -0.543. The van der Waals surface area contributed by atoms with E-state index in [0.717, 1.165) is 5.69 Å². The Bertz CT molecular complexity index is 596. The molecule has 1 amide bonds. The van der Waals surface area contributed by atoms with E-state index in [2.05, 4.69) is 20.7 Å². The second-order valence-corrected chi connectivity index (χ2v) is 4.90. The van der Waals surface area contributed by atoms with E-state index in [1.54, 1.807) is 24.3 Å². The van der Waals surface area contributed by atoms with Crippen molar-refractivity contribution in [3.8, 4) is 6.07 Å². The van der Waals surface area contributed by atoms with Crippen molar-refractivity contribution in [2.75, 3.05) is 25.5 Å². The summed E-state index contributed by atoms with van der Waals surface area (Å²) in [6, 6.07) is 8.88. The number of ether oxygens (including phenoxy) is 1. The molecule has 3 N–H and O–H groups in total. The molecule has 0 aliphatic heterocycles. The third-order valence-electron chi connectivity index (χ3n) is 2.79. The Morgan fingerprint density at radius 3 is 2.43 bits per heavy atom. The average molecular weight is 334 g/mol. The lowest BCUT2D eigenvalue weighted by atomic mass is 10.2. The molecule has 0 fully saturated rings. The molecule has 0 aliphatic carbocycles. The predicted molar refractivity (Wildman–Crippen MR) is 89.6 cm³/mol. The highest BCUT2D eigenvalue weighted by Crippen LogP contribution is 2.08. The summed E-state index contributed by atoms with van der Waals surface area (Å²) >= 11 is 5.11. The van der Waals surface area contributed by atoms with Crippen LogP contribution in [0.3, 0.4) is 0 Å². The molecule has 122 valence electrons. The van der Waals surface area contributed by atoms with Gasteiger partial charge in [0, 0.05) is 25.2 Å². The summed E-state index contributed by atoms with van der Waals surface area (Å²) in [6.07, 6.45) is 0.380. The van der Waals surface area contributed by atoms with Crippen molar-refractivity contribution < 1.29 is 14.3 Å². The lowest BCUT2D eigenvalue weighted by Gasteiger charge is -2.10. The molecule has 8 heteroatoms. The summed E-state index contributed by atoms with van der Waals surface area (Å²) in [7, 11) is 1.30. The van der Waals surface area contributed by atoms with Crippen molar-refractivity contribution >= 4 is 34.9 Å². The number of thiocarbonyl (C=S) groups is 1. The van der Waals surface area contributed by atoms with Gasteiger partial charge in [0.05, 0.1) is 25.2 Å². The van der Waals surface area contributed by atoms with Gasteiger partial charge in [0.25, 0.3) is 0 Å². The molecule has 0 atom stereocenters. The monoisotopic (exact) mass is 334 g/mol. The first kappa shape index (κ1) is 18.4. The standard InChI is InChI=1S/C15H18N4O3S/c1-22-14(21)7-9-17-13(20)6-8-18-15(23)19-12-4-2-11(10-16)3-5-12/h2-5H,6-9H2,1H3,(H,17,20)(H2,18,19,23). The Hall–Kier alpha value is -2.66. The highest BCUT2D eigenvalue weighted by Gasteiger charge is 2.04.